The Morgan fingerprint density at radius 2 is 2.08 bits per heavy atom. The number of aliphatic hydroxyl groups excluding tert-OH is 1. The van der Waals surface area contributed by atoms with Crippen molar-refractivity contribution in [3.8, 4) is 0 Å². The molecule has 0 heterocycles. The van der Waals surface area contributed by atoms with Crippen molar-refractivity contribution in [3.63, 3.8) is 0 Å². The highest BCUT2D eigenvalue weighted by Gasteiger charge is 2.20. The fourth-order valence-electron chi connectivity index (χ4n) is 0.939. The molecule has 0 bridgehead atoms. The van der Waals surface area contributed by atoms with E-state index in [0.29, 0.717) is 6.54 Å². The quantitative estimate of drug-likeness (QED) is 0.620. The van der Waals surface area contributed by atoms with Gasteiger partial charge in [0.25, 0.3) is 0 Å². The number of rotatable bonds is 4. The van der Waals surface area contributed by atoms with E-state index in [2.05, 4.69) is 0 Å². The summed E-state index contributed by atoms with van der Waals surface area (Å²) in [6.07, 6.45) is -0.535. The molecule has 5 heteroatoms. The first-order valence-electron chi connectivity index (χ1n) is 4.08. The minimum atomic E-state index is -0.535. The highest BCUT2D eigenvalue weighted by molar-refractivity contribution is 7.80. The molecule has 0 aliphatic carbocycles. The molecular weight excluding hydrogens is 188 g/mol. The van der Waals surface area contributed by atoms with Crippen LogP contribution in [0.3, 0.4) is 0 Å². The predicted octanol–water partition coefficient (Wildman–Crippen LogP) is -0.252. The predicted molar refractivity (Wildman–Crippen MR) is 55.3 cm³/mol. The number of nitrogens with zero attached hydrogens (tertiary/aromatic N) is 1. The average molecular weight is 204 g/mol. The molecule has 0 fully saturated rings. The maximum absolute atomic E-state index is 11.5. The minimum Gasteiger partial charge on any atom is -0.393 e. The van der Waals surface area contributed by atoms with Gasteiger partial charge >= 0.3 is 0 Å². The molecule has 2 atom stereocenters. The summed E-state index contributed by atoms with van der Waals surface area (Å²) in [7, 11) is 1.61. The van der Waals surface area contributed by atoms with Crippen LogP contribution in [-0.4, -0.2) is 40.6 Å². The highest BCUT2D eigenvalue weighted by atomic mass is 32.1. The number of carbonyl (C=O) groups excluding carboxylic acids is 1. The third-order valence-electron chi connectivity index (χ3n) is 1.71. The molecule has 0 saturated heterocycles. The normalized spacial score (nSPS) is 14.8. The van der Waals surface area contributed by atoms with Crippen LogP contribution in [0.25, 0.3) is 0 Å². The number of hydrogen-bond donors (Lipinski definition) is 2. The van der Waals surface area contributed by atoms with E-state index in [0.717, 1.165) is 0 Å². The maximum Gasteiger partial charge on any atom is 0.232 e. The molecule has 0 radical (unpaired) electrons. The zero-order valence-corrected chi connectivity index (χ0v) is 8.97. The van der Waals surface area contributed by atoms with E-state index in [9.17, 15) is 4.79 Å². The van der Waals surface area contributed by atoms with Crippen LogP contribution in [0.15, 0.2) is 0 Å². The van der Waals surface area contributed by atoms with E-state index in [1.54, 1.807) is 20.9 Å². The van der Waals surface area contributed by atoms with E-state index >= 15 is 0 Å². The second kappa shape index (κ2) is 5.14. The molecule has 0 aromatic heterocycles. The number of aliphatic hydroxyl groups is 1. The van der Waals surface area contributed by atoms with Gasteiger partial charge in [-0.3, -0.25) is 4.79 Å². The molecule has 3 N–H and O–H groups in total. The van der Waals surface area contributed by atoms with Gasteiger partial charge < -0.3 is 15.7 Å². The summed E-state index contributed by atoms with van der Waals surface area (Å²) in [6.45, 7) is 3.57. The van der Waals surface area contributed by atoms with Gasteiger partial charge in [0.15, 0.2) is 0 Å². The van der Waals surface area contributed by atoms with Crippen molar-refractivity contribution in [3.05, 3.63) is 0 Å². The average Bonchev–Trinajstić information content (AvgIpc) is 2.00. The van der Waals surface area contributed by atoms with Crippen molar-refractivity contribution < 1.29 is 9.90 Å². The lowest BCUT2D eigenvalue weighted by atomic mass is 10.1. The first kappa shape index (κ1) is 12.3. The summed E-state index contributed by atoms with van der Waals surface area (Å²) < 4.78 is 0. The van der Waals surface area contributed by atoms with Crippen molar-refractivity contribution >= 4 is 23.1 Å². The largest absolute Gasteiger partial charge is 0.393 e. The molecule has 1 amide bonds. The van der Waals surface area contributed by atoms with Gasteiger partial charge in [-0.2, -0.15) is 0 Å². The van der Waals surface area contributed by atoms with Gasteiger partial charge in [0.05, 0.1) is 17.0 Å². The van der Waals surface area contributed by atoms with Crippen molar-refractivity contribution in [2.24, 2.45) is 11.7 Å². The van der Waals surface area contributed by atoms with E-state index in [1.165, 1.54) is 4.90 Å². The van der Waals surface area contributed by atoms with Gasteiger partial charge in [0.1, 0.15) is 0 Å². The molecule has 4 nitrogen and oxygen atoms in total. The first-order valence-corrected chi connectivity index (χ1v) is 4.49. The first-order chi connectivity index (χ1) is 5.86. The van der Waals surface area contributed by atoms with Crippen molar-refractivity contribution in [2.45, 2.75) is 20.0 Å². The molecule has 0 rings (SSSR count). The molecule has 13 heavy (non-hydrogen) atoms. The lowest BCUT2D eigenvalue weighted by molar-refractivity contribution is -0.132. The molecule has 0 aromatic rings. The van der Waals surface area contributed by atoms with E-state index in [1.807, 2.05) is 0 Å². The second-order valence-corrected chi connectivity index (χ2v) is 3.66. The zero-order valence-electron chi connectivity index (χ0n) is 8.15. The molecular formula is C8H16N2O2S. The van der Waals surface area contributed by atoms with Gasteiger partial charge in [-0.05, 0) is 13.8 Å². The summed E-state index contributed by atoms with van der Waals surface area (Å²) in [5.41, 5.74) is 5.33. The van der Waals surface area contributed by atoms with Gasteiger partial charge in [-0.1, -0.05) is 12.2 Å². The molecule has 0 saturated carbocycles. The van der Waals surface area contributed by atoms with Crippen LogP contribution < -0.4 is 5.73 Å². The zero-order chi connectivity index (χ0) is 10.6. The SMILES string of the molecule is CC(O)CN(C)C(=O)C(C)C(N)=S. The number of carbonyl (C=O) groups is 1. The molecule has 0 aromatic carbocycles. The Kier molecular flexibility index (Phi) is 4.87. The van der Waals surface area contributed by atoms with Crippen molar-refractivity contribution in [2.75, 3.05) is 13.6 Å². The minimum absolute atomic E-state index is 0.159. The molecule has 0 aliphatic heterocycles. The third kappa shape index (κ3) is 4.19. The maximum atomic E-state index is 11.5. The van der Waals surface area contributed by atoms with Crippen molar-refractivity contribution in [1.82, 2.24) is 4.90 Å². The lowest BCUT2D eigenvalue weighted by Gasteiger charge is -2.21. The number of likely N-dealkylation sites (N-methyl/N-ethyl adjacent to an activating group) is 1. The Morgan fingerprint density at radius 1 is 1.62 bits per heavy atom. The summed E-state index contributed by atoms with van der Waals surface area (Å²) in [5.74, 6) is -0.618. The molecule has 0 aliphatic rings. The molecule has 76 valence electrons. The fourth-order valence-corrected chi connectivity index (χ4v) is 1.04. The standard InChI is InChI=1S/C8H16N2O2S/c1-5(11)4-10(3)8(12)6(2)7(9)13/h5-6,11H,4H2,1-3H3,(H2,9,13). The molecule has 0 spiro atoms. The lowest BCUT2D eigenvalue weighted by Crippen LogP contribution is -2.40. The second-order valence-electron chi connectivity index (χ2n) is 3.19. The number of nitrogens with two attached hydrogens (primary N) is 1. The van der Waals surface area contributed by atoms with Gasteiger partial charge in [0.2, 0.25) is 5.91 Å². The van der Waals surface area contributed by atoms with Crippen LogP contribution in [0.5, 0.6) is 0 Å². The van der Waals surface area contributed by atoms with Crippen molar-refractivity contribution in [1.29, 1.82) is 0 Å². The van der Waals surface area contributed by atoms with Gasteiger partial charge in [-0.15, -0.1) is 0 Å². The fraction of sp³-hybridized carbons (Fsp3) is 0.750. The Bertz CT molecular complexity index is 206. The number of thiocarbonyl (C=S) groups is 1. The van der Waals surface area contributed by atoms with Crippen LogP contribution in [0.2, 0.25) is 0 Å². The summed E-state index contributed by atoms with van der Waals surface area (Å²) in [5, 5.41) is 9.03. The van der Waals surface area contributed by atoms with Crippen LogP contribution in [0.4, 0.5) is 0 Å². The highest BCUT2D eigenvalue weighted by Crippen LogP contribution is 2.01. The Hall–Kier alpha value is -0.680. The summed E-state index contributed by atoms with van der Waals surface area (Å²) in [4.78, 5) is 13.1. The Morgan fingerprint density at radius 3 is 2.38 bits per heavy atom. The number of amides is 1. The van der Waals surface area contributed by atoms with Crippen LogP contribution >= 0.6 is 12.2 Å². The number of hydrogen-bond acceptors (Lipinski definition) is 3. The topological polar surface area (TPSA) is 66.6 Å². The molecule has 2 unspecified atom stereocenters. The van der Waals surface area contributed by atoms with Crippen LogP contribution in [-0.2, 0) is 4.79 Å². The van der Waals surface area contributed by atoms with Crippen LogP contribution in [0.1, 0.15) is 13.8 Å². The van der Waals surface area contributed by atoms with E-state index in [4.69, 9.17) is 23.1 Å². The summed E-state index contributed by atoms with van der Waals surface area (Å²) in [6, 6.07) is 0. The smallest absolute Gasteiger partial charge is 0.232 e. The van der Waals surface area contributed by atoms with Crippen LogP contribution in [0, 0.1) is 5.92 Å². The van der Waals surface area contributed by atoms with E-state index in [-0.39, 0.29) is 10.9 Å². The Balaban J connectivity index is 4.17. The summed E-state index contributed by atoms with van der Waals surface area (Å²) >= 11 is 4.70. The monoisotopic (exact) mass is 204 g/mol. The third-order valence-corrected chi connectivity index (χ3v) is 2.07. The van der Waals surface area contributed by atoms with Gasteiger partial charge in [0, 0.05) is 13.6 Å². The van der Waals surface area contributed by atoms with Gasteiger partial charge in [-0.25, -0.2) is 0 Å². The Labute approximate surface area is 83.7 Å². The van der Waals surface area contributed by atoms with E-state index < -0.39 is 12.0 Å².